The third-order valence-corrected chi connectivity index (χ3v) is 3.85. The van der Waals surface area contributed by atoms with Crippen molar-refractivity contribution in [3.8, 4) is 0 Å². The molecule has 0 aliphatic carbocycles. The van der Waals surface area contributed by atoms with Crippen molar-refractivity contribution in [3.05, 3.63) is 58.4 Å². The Morgan fingerprint density at radius 3 is 2.58 bits per heavy atom. The second-order valence-electron chi connectivity index (χ2n) is 4.53. The second kappa shape index (κ2) is 4.31. The summed E-state index contributed by atoms with van der Waals surface area (Å²) in [6.07, 6.45) is 1.60. The molecule has 2 heterocycles. The third kappa shape index (κ3) is 1.79. The van der Waals surface area contributed by atoms with Crippen LogP contribution in [0.2, 0.25) is 0 Å². The number of aromatic nitrogens is 2. The van der Waals surface area contributed by atoms with Crippen LogP contribution in [0, 0.1) is 0 Å². The number of rotatable bonds is 2. The van der Waals surface area contributed by atoms with Crippen LogP contribution in [0.15, 0.2) is 45.8 Å². The van der Waals surface area contributed by atoms with E-state index in [9.17, 15) is 4.79 Å². The molecule has 0 spiro atoms. The first-order chi connectivity index (χ1) is 9.09. The summed E-state index contributed by atoms with van der Waals surface area (Å²) in [5.74, 6) is 0.696. The van der Waals surface area contributed by atoms with Gasteiger partial charge in [-0.1, -0.05) is 6.07 Å². The lowest BCUT2D eigenvalue weighted by Crippen LogP contribution is -2.19. The Balaban J connectivity index is 2.17. The summed E-state index contributed by atoms with van der Waals surface area (Å²) in [7, 11) is 3.51. The quantitative estimate of drug-likeness (QED) is 0.675. The number of hydrogen-bond donors (Lipinski definition) is 0. The summed E-state index contributed by atoms with van der Waals surface area (Å²) in [6.45, 7) is 0. The summed E-state index contributed by atoms with van der Waals surface area (Å²) >= 11 is 6.38. The summed E-state index contributed by atoms with van der Waals surface area (Å²) in [5, 5.41) is -0.352. The van der Waals surface area contributed by atoms with Gasteiger partial charge in [0, 0.05) is 14.1 Å². The molecule has 2 aromatic heterocycles. The highest BCUT2D eigenvalue weighted by Gasteiger charge is 2.16. The van der Waals surface area contributed by atoms with Crippen LogP contribution in [0.25, 0.3) is 11.0 Å². The minimum atomic E-state index is -0.352. The van der Waals surface area contributed by atoms with E-state index in [1.165, 1.54) is 0 Å². The van der Waals surface area contributed by atoms with Gasteiger partial charge in [0.05, 0.1) is 17.3 Å². The number of aryl methyl sites for hydroxylation is 2. The molecule has 1 aromatic carbocycles. The highest BCUT2D eigenvalue weighted by Crippen LogP contribution is 2.30. The monoisotopic (exact) mass is 276 g/mol. The van der Waals surface area contributed by atoms with Gasteiger partial charge in [-0.05, 0) is 29.8 Å². The van der Waals surface area contributed by atoms with Crippen molar-refractivity contribution in [2.45, 2.75) is 5.38 Å². The van der Waals surface area contributed by atoms with Gasteiger partial charge in [0.15, 0.2) is 0 Å². The fourth-order valence-electron chi connectivity index (χ4n) is 2.28. The van der Waals surface area contributed by atoms with Crippen molar-refractivity contribution < 1.29 is 4.42 Å². The van der Waals surface area contributed by atoms with Gasteiger partial charge < -0.3 is 4.42 Å². The Kier molecular flexibility index (Phi) is 2.75. The summed E-state index contributed by atoms with van der Waals surface area (Å²) in [6, 6.07) is 9.40. The van der Waals surface area contributed by atoms with E-state index in [1.807, 2.05) is 30.3 Å². The van der Waals surface area contributed by atoms with Crippen molar-refractivity contribution in [3.63, 3.8) is 0 Å². The minimum absolute atomic E-state index is 0.0451. The van der Waals surface area contributed by atoms with Gasteiger partial charge in [0.25, 0.3) is 0 Å². The molecule has 0 amide bonds. The average Bonchev–Trinajstić information content (AvgIpc) is 3.03. The molecule has 0 aliphatic rings. The SMILES string of the molecule is Cn1c(=O)n(C)c2cc(C(Cl)c3ccco3)ccc21. The first-order valence-electron chi connectivity index (χ1n) is 5.92. The predicted octanol–water partition coefficient (Wildman–Crippen LogP) is 2.80. The largest absolute Gasteiger partial charge is 0.467 e. The lowest BCUT2D eigenvalue weighted by molar-refractivity contribution is 0.516. The van der Waals surface area contributed by atoms with E-state index in [-0.39, 0.29) is 11.1 Å². The standard InChI is InChI=1S/C14H13ClN2O2/c1-16-10-6-5-9(8-11(10)17(2)14(16)18)13(15)12-4-3-7-19-12/h3-8,13H,1-2H3. The Hall–Kier alpha value is -1.94. The zero-order valence-electron chi connectivity index (χ0n) is 10.6. The van der Waals surface area contributed by atoms with Gasteiger partial charge in [-0.3, -0.25) is 9.13 Å². The molecule has 3 rings (SSSR count). The van der Waals surface area contributed by atoms with Gasteiger partial charge in [-0.25, -0.2) is 4.79 Å². The smallest absolute Gasteiger partial charge is 0.328 e. The summed E-state index contributed by atoms with van der Waals surface area (Å²) < 4.78 is 8.55. The summed E-state index contributed by atoms with van der Waals surface area (Å²) in [5.41, 5.74) is 2.61. The zero-order chi connectivity index (χ0) is 13.6. The van der Waals surface area contributed by atoms with E-state index in [0.29, 0.717) is 5.76 Å². The molecule has 0 aliphatic heterocycles. The minimum Gasteiger partial charge on any atom is -0.467 e. The Morgan fingerprint density at radius 2 is 1.89 bits per heavy atom. The number of benzene rings is 1. The van der Waals surface area contributed by atoms with Crippen molar-refractivity contribution in [1.82, 2.24) is 9.13 Å². The molecule has 0 N–H and O–H groups in total. The molecule has 3 aromatic rings. The van der Waals surface area contributed by atoms with Crippen LogP contribution in [0.3, 0.4) is 0 Å². The van der Waals surface area contributed by atoms with Crippen molar-refractivity contribution in [2.75, 3.05) is 0 Å². The first-order valence-corrected chi connectivity index (χ1v) is 6.36. The zero-order valence-corrected chi connectivity index (χ0v) is 11.4. The van der Waals surface area contributed by atoms with E-state index < -0.39 is 0 Å². The van der Waals surface area contributed by atoms with E-state index in [4.69, 9.17) is 16.0 Å². The van der Waals surface area contributed by atoms with Crippen molar-refractivity contribution in [1.29, 1.82) is 0 Å². The van der Waals surface area contributed by atoms with Crippen LogP contribution in [-0.4, -0.2) is 9.13 Å². The second-order valence-corrected chi connectivity index (χ2v) is 4.96. The Morgan fingerprint density at radius 1 is 1.16 bits per heavy atom. The van der Waals surface area contributed by atoms with E-state index in [1.54, 1.807) is 29.5 Å². The van der Waals surface area contributed by atoms with Crippen LogP contribution in [0.4, 0.5) is 0 Å². The lowest BCUT2D eigenvalue weighted by Gasteiger charge is -2.07. The molecule has 1 atom stereocenters. The normalized spacial score (nSPS) is 13.0. The molecule has 1 unspecified atom stereocenters. The van der Waals surface area contributed by atoms with Crippen LogP contribution in [-0.2, 0) is 14.1 Å². The molecule has 98 valence electrons. The van der Waals surface area contributed by atoms with E-state index in [2.05, 4.69) is 0 Å². The first kappa shape index (κ1) is 12.1. The predicted molar refractivity (Wildman–Crippen MR) is 74.6 cm³/mol. The number of imidazole rings is 1. The van der Waals surface area contributed by atoms with Gasteiger partial charge in [0.1, 0.15) is 11.1 Å². The molecule has 19 heavy (non-hydrogen) atoms. The van der Waals surface area contributed by atoms with Gasteiger partial charge >= 0.3 is 5.69 Å². The maximum Gasteiger partial charge on any atom is 0.328 e. The average molecular weight is 277 g/mol. The van der Waals surface area contributed by atoms with Crippen molar-refractivity contribution >= 4 is 22.6 Å². The van der Waals surface area contributed by atoms with Gasteiger partial charge in [0.2, 0.25) is 0 Å². The highest BCUT2D eigenvalue weighted by atomic mass is 35.5. The molecule has 4 nitrogen and oxygen atoms in total. The number of alkyl halides is 1. The van der Waals surface area contributed by atoms with Crippen LogP contribution in [0.5, 0.6) is 0 Å². The van der Waals surface area contributed by atoms with Crippen LogP contribution >= 0.6 is 11.6 Å². The number of nitrogens with zero attached hydrogens (tertiary/aromatic N) is 2. The molecule has 0 bridgehead atoms. The molecule has 5 heteroatoms. The fraction of sp³-hybridized carbons (Fsp3) is 0.214. The molecule has 0 saturated carbocycles. The van der Waals surface area contributed by atoms with E-state index in [0.717, 1.165) is 16.6 Å². The van der Waals surface area contributed by atoms with Crippen molar-refractivity contribution in [2.24, 2.45) is 14.1 Å². The highest BCUT2D eigenvalue weighted by molar-refractivity contribution is 6.22. The summed E-state index contributed by atoms with van der Waals surface area (Å²) in [4.78, 5) is 11.9. The number of furan rings is 1. The maximum atomic E-state index is 11.9. The lowest BCUT2D eigenvalue weighted by atomic mass is 10.1. The van der Waals surface area contributed by atoms with Crippen LogP contribution < -0.4 is 5.69 Å². The number of hydrogen-bond acceptors (Lipinski definition) is 2. The molecule has 0 fully saturated rings. The van der Waals surface area contributed by atoms with Gasteiger partial charge in [-0.2, -0.15) is 0 Å². The molecular weight excluding hydrogens is 264 g/mol. The molecule has 0 saturated heterocycles. The third-order valence-electron chi connectivity index (χ3n) is 3.38. The topological polar surface area (TPSA) is 40.1 Å². The Labute approximate surface area is 114 Å². The van der Waals surface area contributed by atoms with E-state index >= 15 is 0 Å². The molecular formula is C14H13ClN2O2. The fourth-order valence-corrected chi connectivity index (χ4v) is 2.54. The van der Waals surface area contributed by atoms with Gasteiger partial charge in [-0.15, -0.1) is 11.6 Å². The number of halogens is 1. The van der Waals surface area contributed by atoms with Crippen LogP contribution in [0.1, 0.15) is 16.7 Å². The maximum absolute atomic E-state index is 11.9. The Bertz CT molecular complexity index is 784. The molecule has 0 radical (unpaired) electrons. The number of fused-ring (bicyclic) bond motifs is 1.